The van der Waals surface area contributed by atoms with Crippen molar-refractivity contribution >= 4 is 11.9 Å². The van der Waals surface area contributed by atoms with Crippen LogP contribution in [0.1, 0.15) is 52.4 Å². The molecule has 1 saturated carbocycles. The second kappa shape index (κ2) is 10.6. The minimum absolute atomic E-state index is 0.280. The van der Waals surface area contributed by atoms with Crippen LogP contribution in [0.15, 0.2) is 4.99 Å². The number of guanidine groups is 1. The predicted octanol–water partition coefficient (Wildman–Crippen LogP) is 2.01. The van der Waals surface area contributed by atoms with Crippen molar-refractivity contribution in [3.63, 3.8) is 0 Å². The molecule has 1 unspecified atom stereocenters. The van der Waals surface area contributed by atoms with Gasteiger partial charge in [-0.25, -0.2) is 0 Å². The maximum atomic E-state index is 12.5. The number of hydrogen-bond donors (Lipinski definition) is 2. The molecule has 1 amide bonds. The van der Waals surface area contributed by atoms with E-state index in [0.29, 0.717) is 17.9 Å². The second-order valence-corrected chi connectivity index (χ2v) is 7.72. The van der Waals surface area contributed by atoms with Gasteiger partial charge in [0, 0.05) is 51.9 Å². The van der Waals surface area contributed by atoms with E-state index in [2.05, 4.69) is 29.5 Å². The summed E-state index contributed by atoms with van der Waals surface area (Å²) in [5.41, 5.74) is 0. The van der Waals surface area contributed by atoms with E-state index >= 15 is 0 Å². The SMILES string of the molecule is CN=C(NCCCOCC(C)C)NC1CCN(C(=O)C2CCCC2)C1. The molecule has 1 saturated heterocycles. The van der Waals surface area contributed by atoms with Gasteiger partial charge >= 0.3 is 0 Å². The summed E-state index contributed by atoms with van der Waals surface area (Å²) in [6.45, 7) is 8.42. The quantitative estimate of drug-likeness (QED) is 0.398. The molecule has 144 valence electrons. The molecule has 0 spiro atoms. The molecular weight excluding hydrogens is 316 g/mol. The fraction of sp³-hybridized carbons (Fsp3) is 0.895. The lowest BCUT2D eigenvalue weighted by Gasteiger charge is -2.21. The Balaban J connectivity index is 1.62. The van der Waals surface area contributed by atoms with Crippen molar-refractivity contribution in [3.05, 3.63) is 0 Å². The molecule has 1 aliphatic heterocycles. The number of rotatable bonds is 8. The van der Waals surface area contributed by atoms with Crippen LogP contribution in [0.2, 0.25) is 0 Å². The van der Waals surface area contributed by atoms with Crippen molar-refractivity contribution in [3.8, 4) is 0 Å². The number of nitrogens with zero attached hydrogens (tertiary/aromatic N) is 2. The fourth-order valence-electron chi connectivity index (χ4n) is 3.60. The van der Waals surface area contributed by atoms with Gasteiger partial charge in [0.25, 0.3) is 0 Å². The van der Waals surface area contributed by atoms with Crippen molar-refractivity contribution < 1.29 is 9.53 Å². The molecule has 6 nitrogen and oxygen atoms in total. The minimum Gasteiger partial charge on any atom is -0.381 e. The number of likely N-dealkylation sites (tertiary alicyclic amines) is 1. The van der Waals surface area contributed by atoms with Crippen LogP contribution in [-0.4, -0.2) is 62.7 Å². The third-order valence-corrected chi connectivity index (χ3v) is 4.98. The average Bonchev–Trinajstić information content (AvgIpc) is 3.27. The summed E-state index contributed by atoms with van der Waals surface area (Å²) in [5, 5.41) is 6.79. The highest BCUT2D eigenvalue weighted by molar-refractivity contribution is 5.81. The third-order valence-electron chi connectivity index (χ3n) is 4.98. The van der Waals surface area contributed by atoms with Gasteiger partial charge < -0.3 is 20.3 Å². The molecule has 25 heavy (non-hydrogen) atoms. The summed E-state index contributed by atoms with van der Waals surface area (Å²) in [4.78, 5) is 18.8. The number of carbonyl (C=O) groups excluding carboxylic acids is 1. The lowest BCUT2D eigenvalue weighted by atomic mass is 10.1. The van der Waals surface area contributed by atoms with Crippen molar-refractivity contribution in [2.75, 3.05) is 39.9 Å². The van der Waals surface area contributed by atoms with Crippen LogP contribution < -0.4 is 10.6 Å². The Bertz CT molecular complexity index is 433. The first-order valence-corrected chi connectivity index (χ1v) is 9.94. The molecule has 0 radical (unpaired) electrons. The fourth-order valence-corrected chi connectivity index (χ4v) is 3.60. The normalized spacial score (nSPS) is 22.0. The first-order chi connectivity index (χ1) is 12.1. The summed E-state index contributed by atoms with van der Waals surface area (Å²) in [5.74, 6) is 2.05. The van der Waals surface area contributed by atoms with Gasteiger partial charge in [-0.05, 0) is 31.6 Å². The molecule has 2 aliphatic rings. The van der Waals surface area contributed by atoms with E-state index in [9.17, 15) is 4.79 Å². The van der Waals surface area contributed by atoms with Crippen LogP contribution in [0.25, 0.3) is 0 Å². The topological polar surface area (TPSA) is 66.0 Å². The maximum absolute atomic E-state index is 12.5. The smallest absolute Gasteiger partial charge is 0.225 e. The van der Waals surface area contributed by atoms with Crippen LogP contribution in [0.5, 0.6) is 0 Å². The summed E-state index contributed by atoms with van der Waals surface area (Å²) >= 11 is 0. The van der Waals surface area contributed by atoms with Gasteiger partial charge in [-0.1, -0.05) is 26.7 Å². The summed E-state index contributed by atoms with van der Waals surface area (Å²) in [6, 6.07) is 0.300. The Morgan fingerprint density at radius 1 is 1.28 bits per heavy atom. The highest BCUT2D eigenvalue weighted by atomic mass is 16.5. The van der Waals surface area contributed by atoms with E-state index < -0.39 is 0 Å². The van der Waals surface area contributed by atoms with Crippen LogP contribution in [-0.2, 0) is 9.53 Å². The number of aliphatic imine (C=N–C) groups is 1. The Labute approximate surface area is 152 Å². The highest BCUT2D eigenvalue weighted by Crippen LogP contribution is 2.27. The second-order valence-electron chi connectivity index (χ2n) is 7.72. The average molecular weight is 353 g/mol. The van der Waals surface area contributed by atoms with Gasteiger partial charge in [-0.3, -0.25) is 9.79 Å². The molecule has 2 rings (SSSR count). The lowest BCUT2D eigenvalue weighted by Crippen LogP contribution is -2.45. The van der Waals surface area contributed by atoms with Crippen molar-refractivity contribution in [1.29, 1.82) is 0 Å². The molecule has 0 bridgehead atoms. The highest BCUT2D eigenvalue weighted by Gasteiger charge is 2.32. The molecule has 0 aromatic heterocycles. The van der Waals surface area contributed by atoms with Crippen molar-refractivity contribution in [1.82, 2.24) is 15.5 Å². The van der Waals surface area contributed by atoms with Gasteiger partial charge in [0.1, 0.15) is 0 Å². The number of ether oxygens (including phenoxy) is 1. The molecular formula is C19H36N4O2. The molecule has 1 aliphatic carbocycles. The summed E-state index contributed by atoms with van der Waals surface area (Å²) < 4.78 is 5.59. The monoisotopic (exact) mass is 352 g/mol. The zero-order chi connectivity index (χ0) is 18.1. The molecule has 1 atom stereocenters. The van der Waals surface area contributed by atoms with Gasteiger partial charge in [-0.15, -0.1) is 0 Å². The zero-order valence-corrected chi connectivity index (χ0v) is 16.2. The van der Waals surface area contributed by atoms with Crippen LogP contribution in [0, 0.1) is 11.8 Å². The Morgan fingerprint density at radius 3 is 2.72 bits per heavy atom. The van der Waals surface area contributed by atoms with E-state index in [1.54, 1.807) is 7.05 Å². The molecule has 0 aromatic carbocycles. The number of carbonyl (C=O) groups is 1. The van der Waals surface area contributed by atoms with Gasteiger partial charge in [-0.2, -0.15) is 0 Å². The summed E-state index contributed by atoms with van der Waals surface area (Å²) in [7, 11) is 1.79. The largest absolute Gasteiger partial charge is 0.381 e. The van der Waals surface area contributed by atoms with E-state index in [4.69, 9.17) is 4.74 Å². The van der Waals surface area contributed by atoms with Gasteiger partial charge in [0.15, 0.2) is 5.96 Å². The predicted molar refractivity (Wildman–Crippen MR) is 102 cm³/mol. The van der Waals surface area contributed by atoms with E-state index in [1.165, 1.54) is 12.8 Å². The molecule has 2 fully saturated rings. The molecule has 0 aromatic rings. The van der Waals surface area contributed by atoms with Crippen molar-refractivity contribution in [2.45, 2.75) is 58.4 Å². The van der Waals surface area contributed by atoms with Crippen molar-refractivity contribution in [2.24, 2.45) is 16.8 Å². The summed E-state index contributed by atoms with van der Waals surface area (Å²) in [6.07, 6.45) is 6.54. The standard InChI is InChI=1S/C19H36N4O2/c1-15(2)14-25-12-6-10-21-19(20-3)22-17-9-11-23(13-17)18(24)16-7-4-5-8-16/h15-17H,4-14H2,1-3H3,(H2,20,21,22). The minimum atomic E-state index is 0.280. The van der Waals surface area contributed by atoms with E-state index in [-0.39, 0.29) is 5.92 Å². The molecule has 1 heterocycles. The number of amides is 1. The van der Waals surface area contributed by atoms with Gasteiger partial charge in [0.2, 0.25) is 5.91 Å². The Morgan fingerprint density at radius 2 is 2.04 bits per heavy atom. The number of nitrogens with one attached hydrogen (secondary N) is 2. The van der Waals surface area contributed by atoms with Crippen LogP contribution in [0.4, 0.5) is 0 Å². The molecule has 2 N–H and O–H groups in total. The van der Waals surface area contributed by atoms with E-state index in [0.717, 1.165) is 64.5 Å². The van der Waals surface area contributed by atoms with Crippen LogP contribution >= 0.6 is 0 Å². The van der Waals surface area contributed by atoms with Crippen LogP contribution in [0.3, 0.4) is 0 Å². The number of hydrogen-bond acceptors (Lipinski definition) is 3. The first-order valence-electron chi connectivity index (χ1n) is 9.94. The Kier molecular flexibility index (Phi) is 8.52. The first kappa shape index (κ1) is 20.0. The van der Waals surface area contributed by atoms with Gasteiger partial charge in [0.05, 0.1) is 0 Å². The maximum Gasteiger partial charge on any atom is 0.225 e. The Hall–Kier alpha value is -1.30. The third kappa shape index (κ3) is 6.84. The van der Waals surface area contributed by atoms with E-state index in [1.807, 2.05) is 4.90 Å². The zero-order valence-electron chi connectivity index (χ0n) is 16.2. The molecule has 6 heteroatoms. The lowest BCUT2D eigenvalue weighted by molar-refractivity contribution is -0.134.